The maximum atomic E-state index is 8.62. The summed E-state index contributed by atoms with van der Waals surface area (Å²) in [6, 6.07) is 5.93. The van der Waals surface area contributed by atoms with E-state index in [1.807, 2.05) is 12.1 Å². The van der Waals surface area contributed by atoms with Gasteiger partial charge in [0.15, 0.2) is 5.69 Å². The van der Waals surface area contributed by atoms with E-state index in [0.717, 1.165) is 12.1 Å². The van der Waals surface area contributed by atoms with Gasteiger partial charge >= 0.3 is 0 Å². The molecule has 0 saturated heterocycles. The van der Waals surface area contributed by atoms with E-state index in [2.05, 4.69) is 33.3 Å². The van der Waals surface area contributed by atoms with Crippen molar-refractivity contribution in [3.05, 3.63) is 47.7 Å². The van der Waals surface area contributed by atoms with Gasteiger partial charge in [0.2, 0.25) is 0 Å². The number of aromatic nitrogens is 3. The van der Waals surface area contributed by atoms with Gasteiger partial charge in [-0.1, -0.05) is 13.0 Å². The molecule has 5 nitrogen and oxygen atoms in total. The molecular weight excluding hydrogens is 226 g/mol. The summed E-state index contributed by atoms with van der Waals surface area (Å²) in [7, 11) is 0. The smallest absolute Gasteiger partial charge is 0.158 e. The summed E-state index contributed by atoms with van der Waals surface area (Å²) in [5.41, 5.74) is 2.53. The van der Waals surface area contributed by atoms with Gasteiger partial charge in [0.05, 0.1) is 24.6 Å². The molecule has 2 aromatic heterocycles. The highest BCUT2D eigenvalue weighted by atomic mass is 15.0. The van der Waals surface area contributed by atoms with Crippen molar-refractivity contribution in [3.63, 3.8) is 0 Å². The molecule has 0 amide bonds. The van der Waals surface area contributed by atoms with Gasteiger partial charge in [-0.3, -0.25) is 4.98 Å². The number of hydrogen-bond acceptors (Lipinski definition) is 5. The molecule has 2 rings (SSSR count). The highest BCUT2D eigenvalue weighted by Crippen LogP contribution is 2.08. The number of rotatable bonds is 4. The first-order chi connectivity index (χ1) is 8.83. The van der Waals surface area contributed by atoms with Crippen LogP contribution < -0.4 is 5.32 Å². The van der Waals surface area contributed by atoms with E-state index in [1.165, 1.54) is 11.8 Å². The zero-order valence-corrected chi connectivity index (χ0v) is 10.1. The van der Waals surface area contributed by atoms with Crippen molar-refractivity contribution >= 4 is 5.82 Å². The monoisotopic (exact) mass is 239 g/mol. The first-order valence-electron chi connectivity index (χ1n) is 5.72. The Morgan fingerprint density at radius 2 is 2.17 bits per heavy atom. The van der Waals surface area contributed by atoms with E-state index < -0.39 is 0 Å². The molecule has 18 heavy (non-hydrogen) atoms. The summed E-state index contributed by atoms with van der Waals surface area (Å²) in [5, 5.41) is 11.8. The third-order valence-electron chi connectivity index (χ3n) is 2.57. The molecule has 0 aromatic carbocycles. The Bertz CT molecular complexity index is 556. The molecule has 1 N–H and O–H groups in total. The maximum absolute atomic E-state index is 8.62. The summed E-state index contributed by atoms with van der Waals surface area (Å²) in [6.07, 6.45) is 5.72. The summed E-state index contributed by atoms with van der Waals surface area (Å²) in [4.78, 5) is 12.4. The van der Waals surface area contributed by atoms with Gasteiger partial charge in [0, 0.05) is 6.20 Å². The van der Waals surface area contributed by atoms with Crippen LogP contribution >= 0.6 is 0 Å². The predicted molar refractivity (Wildman–Crippen MR) is 67.7 cm³/mol. The van der Waals surface area contributed by atoms with Gasteiger partial charge in [-0.25, -0.2) is 9.97 Å². The van der Waals surface area contributed by atoms with E-state index in [-0.39, 0.29) is 0 Å². The molecule has 0 radical (unpaired) electrons. The lowest BCUT2D eigenvalue weighted by Crippen LogP contribution is -2.06. The normalized spacial score (nSPS) is 9.78. The molecule has 0 aliphatic heterocycles. The third-order valence-corrected chi connectivity index (χ3v) is 2.57. The van der Waals surface area contributed by atoms with Crippen molar-refractivity contribution in [2.75, 3.05) is 5.32 Å². The van der Waals surface area contributed by atoms with Gasteiger partial charge in [0.1, 0.15) is 11.9 Å². The van der Waals surface area contributed by atoms with Gasteiger partial charge in [-0.15, -0.1) is 0 Å². The number of nitrogens with zero attached hydrogens (tertiary/aromatic N) is 4. The second kappa shape index (κ2) is 5.73. The Hall–Kier alpha value is -2.48. The Labute approximate surface area is 106 Å². The van der Waals surface area contributed by atoms with Crippen LogP contribution in [-0.2, 0) is 13.0 Å². The Kier molecular flexibility index (Phi) is 3.82. The van der Waals surface area contributed by atoms with Crippen LogP contribution in [0.25, 0.3) is 0 Å². The molecule has 2 heterocycles. The fourth-order valence-electron chi connectivity index (χ4n) is 1.60. The zero-order valence-electron chi connectivity index (χ0n) is 10.1. The first-order valence-corrected chi connectivity index (χ1v) is 5.72. The molecule has 5 heteroatoms. The molecule has 90 valence electrons. The number of nitriles is 1. The van der Waals surface area contributed by atoms with E-state index in [0.29, 0.717) is 18.1 Å². The summed E-state index contributed by atoms with van der Waals surface area (Å²) in [5.74, 6) is 0.640. The summed E-state index contributed by atoms with van der Waals surface area (Å²) < 4.78 is 0. The van der Waals surface area contributed by atoms with Gasteiger partial charge in [-0.2, -0.15) is 5.26 Å². The highest BCUT2D eigenvalue weighted by molar-refractivity contribution is 5.34. The molecular formula is C13H13N5. The largest absolute Gasteiger partial charge is 0.363 e. The summed E-state index contributed by atoms with van der Waals surface area (Å²) in [6.45, 7) is 2.70. The second-order valence-corrected chi connectivity index (χ2v) is 3.72. The molecule has 0 saturated carbocycles. The Morgan fingerprint density at radius 1 is 1.28 bits per heavy atom. The van der Waals surface area contributed by atoms with Crippen molar-refractivity contribution in [1.82, 2.24) is 15.0 Å². The number of nitrogens with one attached hydrogen (secondary N) is 1. The Morgan fingerprint density at radius 3 is 2.83 bits per heavy atom. The Balaban J connectivity index is 2.04. The molecule has 0 bridgehead atoms. The minimum absolute atomic E-state index is 0.313. The van der Waals surface area contributed by atoms with E-state index in [9.17, 15) is 0 Å². The lowest BCUT2D eigenvalue weighted by atomic mass is 10.1. The van der Waals surface area contributed by atoms with Crippen LogP contribution in [0, 0.1) is 11.3 Å². The molecule has 0 fully saturated rings. The third kappa shape index (κ3) is 2.80. The average molecular weight is 239 g/mol. The minimum atomic E-state index is 0.313. The van der Waals surface area contributed by atoms with Crippen LogP contribution in [0.15, 0.2) is 30.7 Å². The average Bonchev–Trinajstić information content (AvgIpc) is 2.46. The van der Waals surface area contributed by atoms with Gasteiger partial charge in [0.25, 0.3) is 0 Å². The van der Waals surface area contributed by atoms with Crippen molar-refractivity contribution < 1.29 is 0 Å². The number of anilines is 1. The highest BCUT2D eigenvalue weighted by Gasteiger charge is 2.02. The predicted octanol–water partition coefficient (Wildman–Crippen LogP) is 1.92. The number of pyridine rings is 1. The fourth-order valence-corrected chi connectivity index (χ4v) is 1.60. The van der Waals surface area contributed by atoms with E-state index in [1.54, 1.807) is 12.4 Å². The van der Waals surface area contributed by atoms with Crippen molar-refractivity contribution in [3.8, 4) is 6.07 Å². The van der Waals surface area contributed by atoms with Crippen LogP contribution in [0.4, 0.5) is 5.82 Å². The van der Waals surface area contributed by atoms with E-state index in [4.69, 9.17) is 5.26 Å². The minimum Gasteiger partial charge on any atom is -0.363 e. The van der Waals surface area contributed by atoms with Crippen LogP contribution in [-0.4, -0.2) is 15.0 Å². The lowest BCUT2D eigenvalue weighted by molar-refractivity contribution is 0.960. The topological polar surface area (TPSA) is 74.5 Å². The van der Waals surface area contributed by atoms with Gasteiger partial charge < -0.3 is 5.32 Å². The lowest BCUT2D eigenvalue weighted by Gasteiger charge is -2.08. The van der Waals surface area contributed by atoms with Crippen LogP contribution in [0.1, 0.15) is 23.9 Å². The maximum Gasteiger partial charge on any atom is 0.158 e. The standard InChI is InChI=1S/C13H13N5/c1-2-10-4-3-5-15-12(10)8-18-13-9-16-11(6-14)7-17-13/h3-5,7,9H,2,8H2,1H3,(H,17,18). The fraction of sp³-hybridized carbons (Fsp3) is 0.231. The van der Waals surface area contributed by atoms with Crippen molar-refractivity contribution in [1.29, 1.82) is 5.26 Å². The van der Waals surface area contributed by atoms with Gasteiger partial charge in [-0.05, 0) is 18.1 Å². The molecule has 0 spiro atoms. The molecule has 0 aliphatic rings. The van der Waals surface area contributed by atoms with Crippen LogP contribution in [0.3, 0.4) is 0 Å². The van der Waals surface area contributed by atoms with Crippen molar-refractivity contribution in [2.24, 2.45) is 0 Å². The first kappa shape index (κ1) is 12.0. The number of aryl methyl sites for hydroxylation is 1. The molecule has 0 aliphatic carbocycles. The van der Waals surface area contributed by atoms with Crippen molar-refractivity contribution in [2.45, 2.75) is 19.9 Å². The quantitative estimate of drug-likeness (QED) is 0.882. The second-order valence-electron chi connectivity index (χ2n) is 3.72. The van der Waals surface area contributed by atoms with Crippen LogP contribution in [0.5, 0.6) is 0 Å². The van der Waals surface area contributed by atoms with E-state index >= 15 is 0 Å². The summed E-state index contributed by atoms with van der Waals surface area (Å²) >= 11 is 0. The number of hydrogen-bond donors (Lipinski definition) is 1. The molecule has 2 aromatic rings. The molecule has 0 unspecified atom stereocenters. The zero-order chi connectivity index (χ0) is 12.8. The SMILES string of the molecule is CCc1cccnc1CNc1cnc(C#N)cn1. The van der Waals surface area contributed by atoms with Crippen LogP contribution in [0.2, 0.25) is 0 Å². The molecule has 0 atom stereocenters.